The van der Waals surface area contributed by atoms with Crippen molar-refractivity contribution in [3.63, 3.8) is 0 Å². The average Bonchev–Trinajstić information content (AvgIpc) is 2.10. The van der Waals surface area contributed by atoms with Crippen LogP contribution in [0.3, 0.4) is 0 Å². The van der Waals surface area contributed by atoms with Crippen molar-refractivity contribution in [3.8, 4) is 0 Å². The molecule has 74 valence electrons. The van der Waals surface area contributed by atoms with Gasteiger partial charge in [-0.15, -0.1) is 12.6 Å². The lowest BCUT2D eigenvalue weighted by Crippen LogP contribution is -2.38. The monoisotopic (exact) mass is 219 g/mol. The van der Waals surface area contributed by atoms with Crippen molar-refractivity contribution < 1.29 is 9.53 Å². The van der Waals surface area contributed by atoms with Gasteiger partial charge < -0.3 is 10.1 Å². The summed E-state index contributed by atoms with van der Waals surface area (Å²) < 4.78 is 5.17. The zero-order valence-electron chi connectivity index (χ0n) is 7.45. The van der Waals surface area contributed by atoms with E-state index in [1.54, 1.807) is 0 Å². The molecule has 0 saturated heterocycles. The lowest BCUT2D eigenvalue weighted by atomic mass is 10.3. The van der Waals surface area contributed by atoms with Gasteiger partial charge in [0.05, 0.1) is 10.2 Å². The van der Waals surface area contributed by atoms with Crippen molar-refractivity contribution in [2.45, 2.75) is 19.4 Å². The van der Waals surface area contributed by atoms with Gasteiger partial charge in [-0.3, -0.25) is 0 Å². The summed E-state index contributed by atoms with van der Waals surface area (Å²) in [7, 11) is 0. The molecule has 1 N–H and O–H groups in total. The van der Waals surface area contributed by atoms with Gasteiger partial charge in [-0.05, 0) is 6.42 Å². The van der Waals surface area contributed by atoms with Crippen molar-refractivity contribution in [1.82, 2.24) is 5.32 Å². The molecular formula is C8H13NO2S2. The molecule has 5 heteroatoms. The Morgan fingerprint density at radius 3 is 2.85 bits per heavy atom. The number of carbonyl (C=O) groups excluding carboxylic acids is 1. The number of hydrogen-bond donors (Lipinski definition) is 2. The molecule has 0 aliphatic rings. The van der Waals surface area contributed by atoms with E-state index >= 15 is 0 Å². The van der Waals surface area contributed by atoms with E-state index in [0.717, 1.165) is 0 Å². The second-order valence-electron chi connectivity index (χ2n) is 2.33. The molecule has 0 bridgehead atoms. The molecule has 0 aromatic carbocycles. The Kier molecular flexibility index (Phi) is 6.62. The van der Waals surface area contributed by atoms with E-state index in [2.05, 4.69) is 24.5 Å². The second-order valence-corrected chi connectivity index (χ2v) is 3.55. The lowest BCUT2D eigenvalue weighted by molar-refractivity contribution is 0.156. The minimum absolute atomic E-state index is 0.196. The number of carbonyl (C=O) groups is 1. The summed E-state index contributed by atoms with van der Waals surface area (Å²) in [6.45, 7) is 5.52. The summed E-state index contributed by atoms with van der Waals surface area (Å²) in [5, 5.41) is 2.57. The first-order valence-electron chi connectivity index (χ1n) is 3.88. The van der Waals surface area contributed by atoms with Gasteiger partial charge in [0.1, 0.15) is 6.61 Å². The normalized spacial score (nSPS) is 11.5. The Morgan fingerprint density at radius 1 is 1.85 bits per heavy atom. The molecule has 0 saturated carbocycles. The maximum Gasteiger partial charge on any atom is 0.407 e. The van der Waals surface area contributed by atoms with E-state index in [0.29, 0.717) is 10.6 Å². The maximum atomic E-state index is 11.0. The zero-order chi connectivity index (χ0) is 10.3. The molecule has 0 aliphatic carbocycles. The van der Waals surface area contributed by atoms with Crippen molar-refractivity contribution in [2.24, 2.45) is 0 Å². The van der Waals surface area contributed by atoms with Crippen molar-refractivity contribution in [3.05, 3.63) is 12.7 Å². The van der Waals surface area contributed by atoms with Crippen LogP contribution < -0.4 is 5.32 Å². The number of thiocarbonyl (C=S) groups is 1. The Balaban J connectivity index is 3.86. The second kappa shape index (κ2) is 6.91. The predicted molar refractivity (Wildman–Crippen MR) is 60.3 cm³/mol. The molecule has 0 rings (SSSR count). The highest BCUT2D eigenvalue weighted by atomic mass is 32.1. The van der Waals surface area contributed by atoms with Gasteiger partial charge in [0, 0.05) is 0 Å². The molecule has 1 atom stereocenters. The molecule has 0 spiro atoms. The molecule has 3 nitrogen and oxygen atoms in total. The van der Waals surface area contributed by atoms with Crippen LogP contribution in [0.1, 0.15) is 13.3 Å². The van der Waals surface area contributed by atoms with E-state index in [4.69, 9.17) is 17.0 Å². The SMILES string of the molecule is C=CCOC(=O)NC(CC)C(=S)S. The summed E-state index contributed by atoms with van der Waals surface area (Å²) in [5.41, 5.74) is 0. The van der Waals surface area contributed by atoms with Crippen LogP contribution in [-0.4, -0.2) is 22.9 Å². The smallest absolute Gasteiger partial charge is 0.407 e. The number of amides is 1. The van der Waals surface area contributed by atoms with Gasteiger partial charge in [-0.25, -0.2) is 4.79 Å². The fraction of sp³-hybridized carbons (Fsp3) is 0.500. The van der Waals surface area contributed by atoms with Gasteiger partial charge >= 0.3 is 6.09 Å². The van der Waals surface area contributed by atoms with Crippen molar-refractivity contribution in [2.75, 3.05) is 6.61 Å². The molecule has 0 aliphatic heterocycles. The van der Waals surface area contributed by atoms with Crippen LogP contribution in [0.2, 0.25) is 0 Å². The third-order valence-corrected chi connectivity index (χ3v) is 1.93. The fourth-order valence-electron chi connectivity index (χ4n) is 0.657. The number of alkyl carbamates (subject to hydrolysis) is 1. The fourth-order valence-corrected chi connectivity index (χ4v) is 1.13. The number of ether oxygens (including phenoxy) is 1. The van der Waals surface area contributed by atoms with Crippen LogP contribution in [0.25, 0.3) is 0 Å². The molecule has 0 fully saturated rings. The average molecular weight is 219 g/mol. The minimum atomic E-state index is -0.497. The quantitative estimate of drug-likeness (QED) is 0.421. The molecular weight excluding hydrogens is 206 g/mol. The van der Waals surface area contributed by atoms with Gasteiger partial charge in [0.15, 0.2) is 0 Å². The van der Waals surface area contributed by atoms with E-state index < -0.39 is 6.09 Å². The minimum Gasteiger partial charge on any atom is -0.445 e. The van der Waals surface area contributed by atoms with Crippen molar-refractivity contribution in [1.29, 1.82) is 0 Å². The highest BCUT2D eigenvalue weighted by molar-refractivity contribution is 8.11. The lowest BCUT2D eigenvalue weighted by Gasteiger charge is -2.14. The Morgan fingerprint density at radius 2 is 2.46 bits per heavy atom. The van der Waals surface area contributed by atoms with Gasteiger partial charge in [0.25, 0.3) is 0 Å². The molecule has 1 unspecified atom stereocenters. The number of nitrogens with one attached hydrogen (secondary N) is 1. The number of hydrogen-bond acceptors (Lipinski definition) is 3. The molecule has 13 heavy (non-hydrogen) atoms. The molecule has 1 amide bonds. The third kappa shape index (κ3) is 5.65. The summed E-state index contributed by atoms with van der Waals surface area (Å²) in [6.07, 6.45) is 1.70. The van der Waals surface area contributed by atoms with E-state index in [1.165, 1.54) is 6.08 Å². The summed E-state index contributed by atoms with van der Waals surface area (Å²) in [6, 6.07) is -0.212. The highest BCUT2D eigenvalue weighted by Gasteiger charge is 2.12. The first-order valence-corrected chi connectivity index (χ1v) is 4.74. The summed E-state index contributed by atoms with van der Waals surface area (Å²) in [5.74, 6) is 0. The Labute approximate surface area is 88.9 Å². The van der Waals surface area contributed by atoms with Crippen LogP contribution in [0.5, 0.6) is 0 Å². The standard InChI is InChI=1S/C8H13NO2S2/c1-3-5-11-8(10)9-6(4-2)7(12)13/h3,6H,1,4-5H2,2H3,(H,9,10)(H,12,13). The van der Waals surface area contributed by atoms with E-state index in [1.807, 2.05) is 6.92 Å². The Hall–Kier alpha value is -0.550. The van der Waals surface area contributed by atoms with Crippen LogP contribution >= 0.6 is 24.8 Å². The maximum absolute atomic E-state index is 11.0. The molecule has 0 radical (unpaired) electrons. The summed E-state index contributed by atoms with van der Waals surface area (Å²) in [4.78, 5) is 11.0. The highest BCUT2D eigenvalue weighted by Crippen LogP contribution is 1.99. The topological polar surface area (TPSA) is 38.3 Å². The van der Waals surface area contributed by atoms with Crippen LogP contribution in [0, 0.1) is 0 Å². The van der Waals surface area contributed by atoms with Crippen molar-refractivity contribution >= 4 is 35.1 Å². The first-order chi connectivity index (χ1) is 6.11. The third-order valence-electron chi connectivity index (χ3n) is 1.33. The van der Waals surface area contributed by atoms with E-state index in [-0.39, 0.29) is 12.6 Å². The number of rotatable bonds is 5. The molecule has 0 aromatic rings. The zero-order valence-corrected chi connectivity index (χ0v) is 9.16. The molecule has 0 heterocycles. The van der Waals surface area contributed by atoms with Crippen LogP contribution in [0.4, 0.5) is 4.79 Å². The van der Waals surface area contributed by atoms with E-state index in [9.17, 15) is 4.79 Å². The summed E-state index contributed by atoms with van der Waals surface area (Å²) >= 11 is 8.80. The first kappa shape index (κ1) is 12.4. The van der Waals surface area contributed by atoms with Crippen LogP contribution in [0.15, 0.2) is 12.7 Å². The molecule has 0 aromatic heterocycles. The largest absolute Gasteiger partial charge is 0.445 e. The van der Waals surface area contributed by atoms with Gasteiger partial charge in [-0.2, -0.15) is 0 Å². The van der Waals surface area contributed by atoms with Crippen LogP contribution in [-0.2, 0) is 4.74 Å². The Bertz CT molecular complexity index is 206. The number of thiol groups is 1. The van der Waals surface area contributed by atoms with Gasteiger partial charge in [-0.1, -0.05) is 31.8 Å². The predicted octanol–water partition coefficient (Wildman–Crippen LogP) is 1.93. The van der Waals surface area contributed by atoms with Gasteiger partial charge in [0.2, 0.25) is 0 Å².